The molecule has 1 aromatic carbocycles. The van der Waals surface area contributed by atoms with Gasteiger partial charge in [0.15, 0.2) is 0 Å². The molecule has 0 spiro atoms. The van der Waals surface area contributed by atoms with Crippen molar-refractivity contribution in [3.63, 3.8) is 0 Å². The Morgan fingerprint density at radius 2 is 2.06 bits per heavy atom. The molecule has 1 aliphatic rings. The molecule has 94 valence electrons. The number of hydrogen-bond donors (Lipinski definition) is 1. The molecule has 0 amide bonds. The summed E-state index contributed by atoms with van der Waals surface area (Å²) >= 11 is 0. The fourth-order valence-electron chi connectivity index (χ4n) is 2.13. The third-order valence-corrected chi connectivity index (χ3v) is 3.10. The summed E-state index contributed by atoms with van der Waals surface area (Å²) < 4.78 is 37.9. The Morgan fingerprint density at radius 1 is 1.35 bits per heavy atom. The smallest absolute Gasteiger partial charge is 0.370 e. The van der Waals surface area contributed by atoms with Gasteiger partial charge in [-0.1, -0.05) is 6.07 Å². The fourth-order valence-corrected chi connectivity index (χ4v) is 2.13. The first-order valence-electron chi connectivity index (χ1n) is 5.56. The maximum absolute atomic E-state index is 12.6. The van der Waals surface area contributed by atoms with Crippen LogP contribution in [0.2, 0.25) is 0 Å². The Morgan fingerprint density at radius 3 is 2.59 bits per heavy atom. The highest BCUT2D eigenvalue weighted by atomic mass is 19.4. The van der Waals surface area contributed by atoms with E-state index in [0.29, 0.717) is 12.2 Å². The van der Waals surface area contributed by atoms with E-state index in [-0.39, 0.29) is 6.04 Å². The van der Waals surface area contributed by atoms with Gasteiger partial charge in [0, 0.05) is 24.8 Å². The summed E-state index contributed by atoms with van der Waals surface area (Å²) in [5.41, 5.74) is 6.67. The van der Waals surface area contributed by atoms with Gasteiger partial charge in [-0.3, -0.25) is 0 Å². The molecule has 1 aliphatic heterocycles. The Labute approximate surface area is 98.2 Å². The predicted octanol–water partition coefficient (Wildman–Crippen LogP) is 2.55. The van der Waals surface area contributed by atoms with E-state index in [1.54, 1.807) is 0 Å². The highest BCUT2D eigenvalue weighted by molar-refractivity contribution is 5.56. The molecular weight excluding hydrogens is 229 g/mol. The zero-order valence-corrected chi connectivity index (χ0v) is 9.59. The molecule has 1 saturated heterocycles. The molecule has 0 bridgehead atoms. The SMILES string of the molecule is Cc1ccc(C(F)(F)F)cc1N1CCC(N)C1. The summed E-state index contributed by atoms with van der Waals surface area (Å²) in [5.74, 6) is 0. The molecule has 1 fully saturated rings. The number of hydrogen-bond acceptors (Lipinski definition) is 2. The number of nitrogens with two attached hydrogens (primary N) is 1. The number of benzene rings is 1. The zero-order valence-electron chi connectivity index (χ0n) is 9.59. The maximum atomic E-state index is 12.6. The maximum Gasteiger partial charge on any atom is 0.416 e. The lowest BCUT2D eigenvalue weighted by Gasteiger charge is -2.22. The second-order valence-corrected chi connectivity index (χ2v) is 4.49. The van der Waals surface area contributed by atoms with Crippen LogP contribution in [0.15, 0.2) is 18.2 Å². The summed E-state index contributed by atoms with van der Waals surface area (Å²) in [6.07, 6.45) is -3.46. The van der Waals surface area contributed by atoms with E-state index in [4.69, 9.17) is 5.73 Å². The van der Waals surface area contributed by atoms with Gasteiger partial charge in [-0.05, 0) is 31.0 Å². The third kappa shape index (κ3) is 2.54. The molecule has 0 saturated carbocycles. The number of alkyl halides is 3. The minimum absolute atomic E-state index is 0.0592. The molecule has 2 nitrogen and oxygen atoms in total. The van der Waals surface area contributed by atoms with Gasteiger partial charge < -0.3 is 10.6 Å². The molecule has 1 unspecified atom stereocenters. The minimum Gasteiger partial charge on any atom is -0.370 e. The van der Waals surface area contributed by atoms with Crippen molar-refractivity contribution in [3.8, 4) is 0 Å². The van der Waals surface area contributed by atoms with Crippen LogP contribution in [-0.4, -0.2) is 19.1 Å². The molecule has 2 N–H and O–H groups in total. The van der Waals surface area contributed by atoms with Crippen LogP contribution in [0.1, 0.15) is 17.5 Å². The van der Waals surface area contributed by atoms with E-state index in [1.807, 2.05) is 11.8 Å². The van der Waals surface area contributed by atoms with Crippen molar-refractivity contribution in [2.24, 2.45) is 5.73 Å². The lowest BCUT2D eigenvalue weighted by Crippen LogP contribution is -2.27. The summed E-state index contributed by atoms with van der Waals surface area (Å²) in [4.78, 5) is 1.93. The monoisotopic (exact) mass is 244 g/mol. The molecule has 2 rings (SSSR count). The number of anilines is 1. The molecular formula is C12H15F3N2. The minimum atomic E-state index is -4.29. The van der Waals surface area contributed by atoms with Crippen molar-refractivity contribution in [3.05, 3.63) is 29.3 Å². The molecule has 0 aliphatic carbocycles. The van der Waals surface area contributed by atoms with E-state index >= 15 is 0 Å². The van der Waals surface area contributed by atoms with E-state index in [9.17, 15) is 13.2 Å². The van der Waals surface area contributed by atoms with Gasteiger partial charge in [-0.2, -0.15) is 13.2 Å². The number of halogens is 3. The number of rotatable bonds is 1. The fraction of sp³-hybridized carbons (Fsp3) is 0.500. The summed E-state index contributed by atoms with van der Waals surface area (Å²) in [6.45, 7) is 3.17. The zero-order chi connectivity index (χ0) is 12.6. The van der Waals surface area contributed by atoms with E-state index in [0.717, 1.165) is 24.6 Å². The van der Waals surface area contributed by atoms with Crippen LogP contribution in [0.25, 0.3) is 0 Å². The van der Waals surface area contributed by atoms with Crippen molar-refractivity contribution >= 4 is 5.69 Å². The van der Waals surface area contributed by atoms with Gasteiger partial charge in [0.25, 0.3) is 0 Å². The van der Waals surface area contributed by atoms with Gasteiger partial charge in [0.2, 0.25) is 0 Å². The average Bonchev–Trinajstić information content (AvgIpc) is 2.63. The van der Waals surface area contributed by atoms with Gasteiger partial charge in [-0.15, -0.1) is 0 Å². The molecule has 1 aromatic rings. The first-order chi connectivity index (χ1) is 7.88. The summed E-state index contributed by atoms with van der Waals surface area (Å²) in [6, 6.07) is 3.91. The molecule has 0 radical (unpaired) electrons. The van der Waals surface area contributed by atoms with Crippen molar-refractivity contribution in [1.82, 2.24) is 0 Å². The van der Waals surface area contributed by atoms with Crippen molar-refractivity contribution in [1.29, 1.82) is 0 Å². The van der Waals surface area contributed by atoms with Gasteiger partial charge in [0.1, 0.15) is 0 Å². The second-order valence-electron chi connectivity index (χ2n) is 4.49. The first kappa shape index (κ1) is 12.2. The number of nitrogens with zero attached hydrogens (tertiary/aromatic N) is 1. The lowest BCUT2D eigenvalue weighted by atomic mass is 10.1. The lowest BCUT2D eigenvalue weighted by molar-refractivity contribution is -0.137. The van der Waals surface area contributed by atoms with Crippen molar-refractivity contribution in [2.75, 3.05) is 18.0 Å². The quantitative estimate of drug-likeness (QED) is 0.822. The Hall–Kier alpha value is -1.23. The van der Waals surface area contributed by atoms with Crippen LogP contribution in [0, 0.1) is 6.92 Å². The molecule has 5 heteroatoms. The average molecular weight is 244 g/mol. The number of aryl methyl sites for hydroxylation is 1. The van der Waals surface area contributed by atoms with Gasteiger partial charge in [0.05, 0.1) is 5.56 Å². The van der Waals surface area contributed by atoms with Gasteiger partial charge >= 0.3 is 6.18 Å². The molecule has 1 heterocycles. The van der Waals surface area contributed by atoms with Crippen molar-refractivity contribution in [2.45, 2.75) is 25.6 Å². The van der Waals surface area contributed by atoms with Crippen LogP contribution in [-0.2, 0) is 6.18 Å². The van der Waals surface area contributed by atoms with Crippen LogP contribution in [0.5, 0.6) is 0 Å². The molecule has 0 aromatic heterocycles. The first-order valence-corrected chi connectivity index (χ1v) is 5.56. The highest BCUT2D eigenvalue weighted by Gasteiger charge is 2.32. The summed E-state index contributed by atoms with van der Waals surface area (Å²) in [5, 5.41) is 0. The second kappa shape index (κ2) is 4.22. The highest BCUT2D eigenvalue weighted by Crippen LogP contribution is 2.34. The largest absolute Gasteiger partial charge is 0.416 e. The predicted molar refractivity (Wildman–Crippen MR) is 61.0 cm³/mol. The normalized spacial score (nSPS) is 21.0. The molecule has 1 atom stereocenters. The standard InChI is InChI=1S/C12H15F3N2/c1-8-2-3-9(12(13,14)15)6-11(8)17-5-4-10(16)7-17/h2-3,6,10H,4-5,7,16H2,1H3. The Kier molecular flexibility index (Phi) is 3.03. The summed E-state index contributed by atoms with van der Waals surface area (Å²) in [7, 11) is 0. The van der Waals surface area contributed by atoms with Crippen molar-refractivity contribution < 1.29 is 13.2 Å². The van der Waals surface area contributed by atoms with E-state index < -0.39 is 11.7 Å². The van der Waals surface area contributed by atoms with Crippen LogP contribution < -0.4 is 10.6 Å². The van der Waals surface area contributed by atoms with Crippen LogP contribution in [0.3, 0.4) is 0 Å². The Balaban J connectivity index is 2.33. The Bertz CT molecular complexity index is 415. The van der Waals surface area contributed by atoms with Gasteiger partial charge in [-0.25, -0.2) is 0 Å². The third-order valence-electron chi connectivity index (χ3n) is 3.10. The topological polar surface area (TPSA) is 29.3 Å². The van der Waals surface area contributed by atoms with Crippen LogP contribution >= 0.6 is 0 Å². The van der Waals surface area contributed by atoms with E-state index in [1.165, 1.54) is 12.1 Å². The van der Waals surface area contributed by atoms with E-state index in [2.05, 4.69) is 0 Å². The molecule has 17 heavy (non-hydrogen) atoms. The van der Waals surface area contributed by atoms with Crippen LogP contribution in [0.4, 0.5) is 18.9 Å².